The maximum absolute atomic E-state index is 14.2. The second-order valence-electron chi connectivity index (χ2n) is 8.82. The average Bonchev–Trinajstić information content (AvgIpc) is 3.20. The van der Waals surface area contributed by atoms with Crippen molar-refractivity contribution in [2.24, 2.45) is 0 Å². The summed E-state index contributed by atoms with van der Waals surface area (Å²) in [5.74, 6) is 0.621. The molecule has 5 aromatic rings. The van der Waals surface area contributed by atoms with Crippen molar-refractivity contribution in [3.05, 3.63) is 107 Å². The minimum absolute atomic E-state index is 0.00675. The Morgan fingerprint density at radius 2 is 1.56 bits per heavy atom. The Hall–Kier alpha value is -4.13. The van der Waals surface area contributed by atoms with E-state index in [1.807, 2.05) is 62.4 Å². The van der Waals surface area contributed by atoms with Crippen LogP contribution in [-0.4, -0.2) is 14.8 Å². The van der Waals surface area contributed by atoms with Gasteiger partial charge in [-0.3, -0.25) is 0 Å². The maximum atomic E-state index is 14.2. The summed E-state index contributed by atoms with van der Waals surface area (Å²) >= 11 is 0. The van der Waals surface area contributed by atoms with Gasteiger partial charge in [0.25, 0.3) is 0 Å². The normalized spacial score (nSPS) is 11.7. The zero-order valence-electron chi connectivity index (χ0n) is 20.1. The molecule has 2 heterocycles. The summed E-state index contributed by atoms with van der Waals surface area (Å²) in [7, 11) is 0. The molecule has 0 fully saturated rings. The van der Waals surface area contributed by atoms with Crippen LogP contribution in [0.15, 0.2) is 78.9 Å². The molecule has 0 radical (unpaired) electrons. The number of fused-ring (bicyclic) bond motifs is 1. The van der Waals surface area contributed by atoms with Gasteiger partial charge >= 0.3 is 6.18 Å². The predicted octanol–water partition coefficient (Wildman–Crippen LogP) is 7.61. The van der Waals surface area contributed by atoms with Crippen molar-refractivity contribution in [3.8, 4) is 22.7 Å². The van der Waals surface area contributed by atoms with Gasteiger partial charge in [0, 0.05) is 5.56 Å². The fourth-order valence-corrected chi connectivity index (χ4v) is 4.16. The first-order valence-electron chi connectivity index (χ1n) is 11.5. The van der Waals surface area contributed by atoms with Gasteiger partial charge in [0.15, 0.2) is 5.65 Å². The molecule has 0 spiro atoms. The van der Waals surface area contributed by atoms with Gasteiger partial charge < -0.3 is 4.74 Å². The van der Waals surface area contributed by atoms with Gasteiger partial charge in [0.1, 0.15) is 12.4 Å². The van der Waals surface area contributed by atoms with Gasteiger partial charge in [-0.2, -0.15) is 18.3 Å². The van der Waals surface area contributed by atoms with Crippen molar-refractivity contribution >= 4 is 11.0 Å². The van der Waals surface area contributed by atoms with E-state index >= 15 is 0 Å². The van der Waals surface area contributed by atoms with E-state index in [0.717, 1.165) is 22.8 Å². The van der Waals surface area contributed by atoms with E-state index in [2.05, 4.69) is 10.1 Å². The summed E-state index contributed by atoms with van der Waals surface area (Å²) in [6, 6.07) is 23.4. The van der Waals surface area contributed by atoms with Gasteiger partial charge in [0.05, 0.1) is 28.0 Å². The Morgan fingerprint density at radius 3 is 2.22 bits per heavy atom. The molecule has 2 aromatic heterocycles. The highest BCUT2D eigenvalue weighted by atomic mass is 19.4. The van der Waals surface area contributed by atoms with E-state index in [-0.39, 0.29) is 22.4 Å². The summed E-state index contributed by atoms with van der Waals surface area (Å²) in [5.41, 5.74) is 4.27. The molecule has 0 aliphatic carbocycles. The zero-order valence-corrected chi connectivity index (χ0v) is 20.1. The molecule has 0 aliphatic heterocycles. The molecular formula is C29H24F3N3O. The Bertz CT molecular complexity index is 1540. The SMILES string of the molecule is Cc1ccc(-n2nc(C)c3c(C(F)(F)F)cc(-c4ccc(OCc5ccccc5)cc4)nc32)cc1C. The first-order chi connectivity index (χ1) is 17.2. The van der Waals surface area contributed by atoms with Crippen LogP contribution < -0.4 is 4.74 Å². The van der Waals surface area contributed by atoms with Crippen LogP contribution in [0.4, 0.5) is 13.2 Å². The topological polar surface area (TPSA) is 39.9 Å². The number of ether oxygens (including phenoxy) is 1. The number of hydrogen-bond donors (Lipinski definition) is 0. The van der Waals surface area contributed by atoms with E-state index in [1.54, 1.807) is 31.2 Å². The number of rotatable bonds is 5. The minimum Gasteiger partial charge on any atom is -0.489 e. The van der Waals surface area contributed by atoms with Crippen molar-refractivity contribution in [1.29, 1.82) is 0 Å². The van der Waals surface area contributed by atoms with Gasteiger partial charge in [-0.25, -0.2) is 9.67 Å². The summed E-state index contributed by atoms with van der Waals surface area (Å²) in [5, 5.41) is 4.45. The van der Waals surface area contributed by atoms with Crippen molar-refractivity contribution < 1.29 is 17.9 Å². The first kappa shape index (κ1) is 23.6. The third kappa shape index (κ3) is 4.56. The number of aryl methyl sites for hydroxylation is 3. The van der Waals surface area contributed by atoms with E-state index in [0.29, 0.717) is 23.6 Å². The molecule has 0 N–H and O–H groups in total. The lowest BCUT2D eigenvalue weighted by atomic mass is 10.0. The van der Waals surface area contributed by atoms with Crippen molar-refractivity contribution in [3.63, 3.8) is 0 Å². The molecule has 0 saturated carbocycles. The third-order valence-electron chi connectivity index (χ3n) is 6.25. The highest BCUT2D eigenvalue weighted by Crippen LogP contribution is 2.39. The van der Waals surface area contributed by atoms with E-state index in [9.17, 15) is 13.2 Å². The smallest absolute Gasteiger partial charge is 0.417 e. The average molecular weight is 488 g/mol. The fourth-order valence-electron chi connectivity index (χ4n) is 4.16. The summed E-state index contributed by atoms with van der Waals surface area (Å²) < 4.78 is 49.8. The molecule has 0 aliphatic rings. The lowest BCUT2D eigenvalue weighted by molar-refractivity contribution is -0.136. The Balaban J connectivity index is 1.57. The number of pyridine rings is 1. The van der Waals surface area contributed by atoms with E-state index < -0.39 is 11.7 Å². The van der Waals surface area contributed by atoms with Crippen LogP contribution in [0.5, 0.6) is 5.75 Å². The quantitative estimate of drug-likeness (QED) is 0.256. The monoisotopic (exact) mass is 487 g/mol. The molecule has 7 heteroatoms. The maximum Gasteiger partial charge on any atom is 0.417 e. The van der Waals surface area contributed by atoms with Crippen LogP contribution in [0.3, 0.4) is 0 Å². The van der Waals surface area contributed by atoms with Crippen LogP contribution in [-0.2, 0) is 12.8 Å². The highest BCUT2D eigenvalue weighted by molar-refractivity contribution is 5.87. The molecule has 0 saturated heterocycles. The molecule has 3 aromatic carbocycles. The number of alkyl halides is 3. The molecule has 182 valence electrons. The van der Waals surface area contributed by atoms with Gasteiger partial charge in [-0.15, -0.1) is 0 Å². The van der Waals surface area contributed by atoms with Crippen molar-refractivity contribution in [2.75, 3.05) is 0 Å². The molecule has 5 rings (SSSR count). The van der Waals surface area contributed by atoms with Crippen molar-refractivity contribution in [2.45, 2.75) is 33.6 Å². The largest absolute Gasteiger partial charge is 0.489 e. The molecule has 36 heavy (non-hydrogen) atoms. The Labute approximate surface area is 207 Å². The second-order valence-corrected chi connectivity index (χ2v) is 8.82. The summed E-state index contributed by atoms with van der Waals surface area (Å²) in [6.07, 6.45) is -4.56. The number of halogens is 3. The summed E-state index contributed by atoms with van der Waals surface area (Å²) in [6.45, 7) is 5.92. The predicted molar refractivity (Wildman–Crippen MR) is 134 cm³/mol. The second kappa shape index (κ2) is 9.15. The number of benzene rings is 3. The molecular weight excluding hydrogens is 463 g/mol. The van der Waals surface area contributed by atoms with Crippen LogP contribution in [0.2, 0.25) is 0 Å². The van der Waals surface area contributed by atoms with Crippen LogP contribution in [0, 0.1) is 20.8 Å². The van der Waals surface area contributed by atoms with Crippen LogP contribution >= 0.6 is 0 Å². The third-order valence-corrected chi connectivity index (χ3v) is 6.25. The standard InChI is InChI=1S/C29H24F3N3O/c1-18-9-12-23(15-19(18)2)35-28-27(20(3)34-35)25(29(30,31)32)16-26(33-28)22-10-13-24(14-11-22)36-17-21-7-5-4-6-8-21/h4-16H,17H2,1-3H3. The molecule has 0 amide bonds. The molecule has 0 atom stereocenters. The van der Waals surface area contributed by atoms with Gasteiger partial charge in [-0.1, -0.05) is 36.4 Å². The minimum atomic E-state index is -4.56. The van der Waals surface area contributed by atoms with E-state index in [4.69, 9.17) is 4.74 Å². The zero-order chi connectivity index (χ0) is 25.4. The Kier molecular flexibility index (Phi) is 6.00. The van der Waals surface area contributed by atoms with Gasteiger partial charge in [0.2, 0.25) is 0 Å². The number of aromatic nitrogens is 3. The Morgan fingerprint density at radius 1 is 0.833 bits per heavy atom. The number of nitrogens with zero attached hydrogens (tertiary/aromatic N) is 3. The summed E-state index contributed by atoms with van der Waals surface area (Å²) in [4.78, 5) is 4.65. The van der Waals surface area contributed by atoms with Gasteiger partial charge in [-0.05, 0) is 79.9 Å². The van der Waals surface area contributed by atoms with Crippen LogP contribution in [0.1, 0.15) is 27.9 Å². The lowest BCUT2D eigenvalue weighted by Crippen LogP contribution is -2.08. The van der Waals surface area contributed by atoms with Crippen LogP contribution in [0.25, 0.3) is 28.0 Å². The molecule has 0 unspecified atom stereocenters. The highest BCUT2D eigenvalue weighted by Gasteiger charge is 2.36. The first-order valence-corrected chi connectivity index (χ1v) is 11.5. The lowest BCUT2D eigenvalue weighted by Gasteiger charge is -2.13. The number of hydrogen-bond acceptors (Lipinski definition) is 3. The van der Waals surface area contributed by atoms with E-state index in [1.165, 1.54) is 4.68 Å². The van der Waals surface area contributed by atoms with Crippen molar-refractivity contribution in [1.82, 2.24) is 14.8 Å². The fraction of sp³-hybridized carbons (Fsp3) is 0.172. The molecule has 0 bridgehead atoms. The molecule has 4 nitrogen and oxygen atoms in total.